The van der Waals surface area contributed by atoms with Crippen molar-refractivity contribution in [3.8, 4) is 0 Å². The van der Waals surface area contributed by atoms with Crippen molar-refractivity contribution in [1.82, 2.24) is 0 Å². The molecule has 0 bridgehead atoms. The van der Waals surface area contributed by atoms with Gasteiger partial charge in [0.1, 0.15) is 0 Å². The molecule has 90 valence electrons. The first-order valence-electron chi connectivity index (χ1n) is 6.30. The lowest BCUT2D eigenvalue weighted by Gasteiger charge is -2.31. The maximum atomic E-state index is 5.76. The smallest absolute Gasteiger partial charge is 0.0497 e. The first-order chi connectivity index (χ1) is 7.24. The van der Waals surface area contributed by atoms with Gasteiger partial charge >= 0.3 is 0 Å². The summed E-state index contributed by atoms with van der Waals surface area (Å²) in [6.45, 7) is 7.15. The molecule has 1 saturated carbocycles. The van der Waals surface area contributed by atoms with Crippen LogP contribution in [0.5, 0.6) is 0 Å². The van der Waals surface area contributed by atoms with Crippen LogP contribution in [0.3, 0.4) is 0 Å². The molecule has 0 amide bonds. The van der Waals surface area contributed by atoms with Crippen LogP contribution in [0.2, 0.25) is 0 Å². The van der Waals surface area contributed by atoms with Crippen molar-refractivity contribution in [3.05, 3.63) is 0 Å². The highest BCUT2D eigenvalue weighted by Crippen LogP contribution is 2.30. The summed E-state index contributed by atoms with van der Waals surface area (Å²) in [5.41, 5.74) is 0. The number of hydrogen-bond acceptors (Lipinski definition) is 2. The van der Waals surface area contributed by atoms with E-state index in [1.54, 1.807) is 7.11 Å². The van der Waals surface area contributed by atoms with Crippen LogP contribution in [0.1, 0.15) is 39.5 Å². The van der Waals surface area contributed by atoms with Gasteiger partial charge in [-0.05, 0) is 30.6 Å². The summed E-state index contributed by atoms with van der Waals surface area (Å²) in [6.07, 6.45) is 5.39. The van der Waals surface area contributed by atoms with Gasteiger partial charge in [-0.3, -0.25) is 0 Å². The second-order valence-electron chi connectivity index (χ2n) is 5.19. The zero-order chi connectivity index (χ0) is 11.1. The molecule has 0 aromatic heterocycles. The Bertz CT molecular complexity index is 155. The van der Waals surface area contributed by atoms with E-state index in [-0.39, 0.29) is 0 Å². The summed E-state index contributed by atoms with van der Waals surface area (Å²) >= 11 is 0. The third-order valence-corrected chi connectivity index (χ3v) is 3.23. The van der Waals surface area contributed by atoms with Crippen molar-refractivity contribution in [2.75, 3.05) is 26.9 Å². The predicted molar refractivity (Wildman–Crippen MR) is 63.0 cm³/mol. The molecule has 2 nitrogen and oxygen atoms in total. The van der Waals surface area contributed by atoms with Crippen LogP contribution >= 0.6 is 0 Å². The second kappa shape index (κ2) is 7.24. The van der Waals surface area contributed by atoms with E-state index in [9.17, 15) is 0 Å². The van der Waals surface area contributed by atoms with Crippen LogP contribution in [-0.4, -0.2) is 26.9 Å². The molecule has 0 spiro atoms. The van der Waals surface area contributed by atoms with Crippen LogP contribution in [0.25, 0.3) is 0 Å². The minimum Gasteiger partial charge on any atom is -0.384 e. The lowest BCUT2D eigenvalue weighted by atomic mass is 9.80. The summed E-state index contributed by atoms with van der Waals surface area (Å²) in [4.78, 5) is 0. The van der Waals surface area contributed by atoms with Crippen LogP contribution in [0.4, 0.5) is 0 Å². The Hall–Kier alpha value is -0.0800. The monoisotopic (exact) mass is 214 g/mol. The molecule has 1 aliphatic carbocycles. The molecule has 1 fully saturated rings. The molecule has 1 aliphatic rings. The van der Waals surface area contributed by atoms with Crippen LogP contribution in [0, 0.1) is 17.8 Å². The quantitative estimate of drug-likeness (QED) is 0.676. The van der Waals surface area contributed by atoms with Crippen molar-refractivity contribution >= 4 is 0 Å². The van der Waals surface area contributed by atoms with Gasteiger partial charge in [-0.2, -0.15) is 0 Å². The van der Waals surface area contributed by atoms with Crippen LogP contribution < -0.4 is 0 Å². The third kappa shape index (κ3) is 4.98. The van der Waals surface area contributed by atoms with Gasteiger partial charge in [0.05, 0.1) is 0 Å². The van der Waals surface area contributed by atoms with Gasteiger partial charge < -0.3 is 9.47 Å². The highest BCUT2D eigenvalue weighted by Gasteiger charge is 2.24. The SMILES string of the molecule is COC[C@@H]1CCCC[C@@H]1COCC(C)C. The molecule has 0 heterocycles. The van der Waals surface area contributed by atoms with Gasteiger partial charge in [0, 0.05) is 26.9 Å². The van der Waals surface area contributed by atoms with Crippen LogP contribution in [-0.2, 0) is 9.47 Å². The Morgan fingerprint density at radius 3 is 2.20 bits per heavy atom. The summed E-state index contributed by atoms with van der Waals surface area (Å²) < 4.78 is 11.0. The van der Waals surface area contributed by atoms with Crippen molar-refractivity contribution in [1.29, 1.82) is 0 Å². The first-order valence-corrected chi connectivity index (χ1v) is 6.30. The zero-order valence-corrected chi connectivity index (χ0v) is 10.5. The fraction of sp³-hybridized carbons (Fsp3) is 1.00. The minimum absolute atomic E-state index is 0.648. The zero-order valence-electron chi connectivity index (χ0n) is 10.5. The molecule has 2 atom stereocenters. The summed E-state index contributed by atoms with van der Waals surface area (Å²) in [7, 11) is 1.81. The number of methoxy groups -OCH3 is 1. The Balaban J connectivity index is 2.23. The number of hydrogen-bond donors (Lipinski definition) is 0. The highest BCUT2D eigenvalue weighted by molar-refractivity contribution is 4.75. The van der Waals surface area contributed by atoms with E-state index in [0.29, 0.717) is 5.92 Å². The fourth-order valence-electron chi connectivity index (χ4n) is 2.39. The molecular weight excluding hydrogens is 188 g/mol. The van der Waals surface area contributed by atoms with E-state index in [0.717, 1.165) is 31.7 Å². The van der Waals surface area contributed by atoms with Gasteiger partial charge in [-0.1, -0.05) is 26.7 Å². The van der Waals surface area contributed by atoms with Gasteiger partial charge in [0.25, 0.3) is 0 Å². The average Bonchev–Trinajstić information content (AvgIpc) is 2.20. The van der Waals surface area contributed by atoms with Crippen molar-refractivity contribution < 1.29 is 9.47 Å². The maximum absolute atomic E-state index is 5.76. The van der Waals surface area contributed by atoms with Gasteiger partial charge in [-0.15, -0.1) is 0 Å². The van der Waals surface area contributed by atoms with Gasteiger partial charge in [-0.25, -0.2) is 0 Å². The topological polar surface area (TPSA) is 18.5 Å². The molecule has 0 radical (unpaired) electrons. The maximum Gasteiger partial charge on any atom is 0.0497 e. The summed E-state index contributed by atoms with van der Waals surface area (Å²) in [5.74, 6) is 2.11. The normalized spacial score (nSPS) is 27.2. The first kappa shape index (κ1) is 13.0. The number of rotatable bonds is 6. The van der Waals surface area contributed by atoms with E-state index >= 15 is 0 Å². The molecule has 0 aliphatic heterocycles. The van der Waals surface area contributed by atoms with E-state index in [2.05, 4.69) is 13.8 Å². The molecule has 0 unspecified atom stereocenters. The largest absolute Gasteiger partial charge is 0.384 e. The van der Waals surface area contributed by atoms with E-state index < -0.39 is 0 Å². The van der Waals surface area contributed by atoms with E-state index in [1.807, 2.05) is 0 Å². The van der Waals surface area contributed by atoms with E-state index in [1.165, 1.54) is 25.7 Å². The minimum atomic E-state index is 0.648. The lowest BCUT2D eigenvalue weighted by Crippen LogP contribution is -2.27. The van der Waals surface area contributed by atoms with E-state index in [4.69, 9.17) is 9.47 Å². The Labute approximate surface area is 94.3 Å². The van der Waals surface area contributed by atoms with Gasteiger partial charge in [0.2, 0.25) is 0 Å². The fourth-order valence-corrected chi connectivity index (χ4v) is 2.39. The Morgan fingerprint density at radius 1 is 1.07 bits per heavy atom. The van der Waals surface area contributed by atoms with Crippen molar-refractivity contribution in [2.45, 2.75) is 39.5 Å². The molecule has 0 aromatic carbocycles. The molecule has 1 rings (SSSR count). The Kier molecular flexibility index (Phi) is 6.26. The van der Waals surface area contributed by atoms with Gasteiger partial charge in [0.15, 0.2) is 0 Å². The van der Waals surface area contributed by atoms with Crippen molar-refractivity contribution in [2.24, 2.45) is 17.8 Å². The molecule has 0 N–H and O–H groups in total. The third-order valence-electron chi connectivity index (χ3n) is 3.23. The molecular formula is C13H26O2. The summed E-state index contributed by atoms with van der Waals surface area (Å²) in [5, 5.41) is 0. The molecule has 0 saturated heterocycles. The predicted octanol–water partition coefficient (Wildman–Crippen LogP) is 3.11. The molecule has 2 heteroatoms. The lowest BCUT2D eigenvalue weighted by molar-refractivity contribution is 0.0192. The molecule has 15 heavy (non-hydrogen) atoms. The standard InChI is InChI=1S/C13H26O2/c1-11(2)8-15-10-13-7-5-4-6-12(13)9-14-3/h11-13H,4-10H2,1-3H3/t12-,13+/m0/s1. The average molecular weight is 214 g/mol. The molecule has 0 aromatic rings. The summed E-state index contributed by atoms with van der Waals surface area (Å²) in [6, 6.07) is 0. The highest BCUT2D eigenvalue weighted by atomic mass is 16.5. The second-order valence-corrected chi connectivity index (χ2v) is 5.19. The Morgan fingerprint density at radius 2 is 1.67 bits per heavy atom. The van der Waals surface area contributed by atoms with Crippen molar-refractivity contribution in [3.63, 3.8) is 0 Å². The van der Waals surface area contributed by atoms with Crippen LogP contribution in [0.15, 0.2) is 0 Å². The number of ether oxygens (including phenoxy) is 2.